The molecule has 114 valence electrons. The molecule has 22 heavy (non-hydrogen) atoms. The van der Waals surface area contributed by atoms with E-state index < -0.39 is 5.97 Å². The molecule has 0 radical (unpaired) electrons. The van der Waals surface area contributed by atoms with Gasteiger partial charge in [-0.3, -0.25) is 14.6 Å². The molecule has 0 aliphatic heterocycles. The number of hydrogen-bond donors (Lipinski definition) is 2. The predicted molar refractivity (Wildman–Crippen MR) is 80.3 cm³/mol. The van der Waals surface area contributed by atoms with Gasteiger partial charge in [0.25, 0.3) is 5.91 Å². The number of aryl methyl sites for hydroxylation is 1. The van der Waals surface area contributed by atoms with Crippen LogP contribution < -0.4 is 5.32 Å². The molecule has 1 aromatic heterocycles. The molecule has 0 fully saturated rings. The van der Waals surface area contributed by atoms with Gasteiger partial charge >= 0.3 is 5.97 Å². The second-order valence-corrected chi connectivity index (χ2v) is 4.91. The Labute approximate surface area is 128 Å². The van der Waals surface area contributed by atoms with Gasteiger partial charge in [-0.2, -0.15) is 0 Å². The van der Waals surface area contributed by atoms with E-state index in [2.05, 4.69) is 15.3 Å². The number of hydrogen-bond acceptors (Lipinski definition) is 4. The van der Waals surface area contributed by atoms with Crippen LogP contribution in [-0.2, 0) is 4.79 Å². The van der Waals surface area contributed by atoms with E-state index in [-0.39, 0.29) is 24.1 Å². The van der Waals surface area contributed by atoms with Crippen molar-refractivity contribution in [3.8, 4) is 0 Å². The van der Waals surface area contributed by atoms with Gasteiger partial charge in [0, 0.05) is 12.6 Å². The van der Waals surface area contributed by atoms with Crippen LogP contribution in [-0.4, -0.2) is 27.0 Å². The van der Waals surface area contributed by atoms with Gasteiger partial charge in [0.15, 0.2) is 0 Å². The summed E-state index contributed by atoms with van der Waals surface area (Å²) in [6.45, 7) is 1.79. The van der Waals surface area contributed by atoms with Crippen LogP contribution in [0, 0.1) is 6.92 Å². The van der Waals surface area contributed by atoms with Crippen molar-refractivity contribution in [3.63, 3.8) is 0 Å². The Balaban J connectivity index is 2.13. The van der Waals surface area contributed by atoms with Gasteiger partial charge in [0.1, 0.15) is 5.69 Å². The zero-order chi connectivity index (χ0) is 15.9. The first kappa shape index (κ1) is 15.6. The molecule has 1 amide bonds. The number of aliphatic carboxylic acids is 1. The number of carboxylic acids is 1. The third-order valence-corrected chi connectivity index (χ3v) is 3.17. The molecule has 0 aliphatic carbocycles. The van der Waals surface area contributed by atoms with Crippen molar-refractivity contribution in [2.75, 3.05) is 0 Å². The van der Waals surface area contributed by atoms with Crippen LogP contribution in [0.2, 0.25) is 0 Å². The van der Waals surface area contributed by atoms with Crippen molar-refractivity contribution < 1.29 is 14.7 Å². The largest absolute Gasteiger partial charge is 0.481 e. The Morgan fingerprint density at radius 3 is 2.50 bits per heavy atom. The second kappa shape index (κ2) is 7.31. The maximum atomic E-state index is 12.2. The third kappa shape index (κ3) is 4.37. The van der Waals surface area contributed by atoms with Gasteiger partial charge in [-0.1, -0.05) is 30.3 Å². The topological polar surface area (TPSA) is 92.2 Å². The van der Waals surface area contributed by atoms with Crippen LogP contribution in [0.1, 0.15) is 40.6 Å². The summed E-state index contributed by atoms with van der Waals surface area (Å²) < 4.78 is 0. The maximum absolute atomic E-state index is 12.2. The van der Waals surface area contributed by atoms with E-state index in [1.807, 2.05) is 30.3 Å². The molecule has 2 rings (SSSR count). The smallest absolute Gasteiger partial charge is 0.303 e. The molecule has 6 nitrogen and oxygen atoms in total. The molecule has 2 aromatic rings. The van der Waals surface area contributed by atoms with Crippen molar-refractivity contribution in [3.05, 3.63) is 59.7 Å². The minimum atomic E-state index is -0.898. The standard InChI is InChI=1S/C16H17N3O3/c1-11-9-18-14(10-17-11)16(22)19-13(7-8-15(20)21)12-5-3-2-4-6-12/h2-6,9-10,13H,7-8H2,1H3,(H,19,22)(H,20,21). The normalized spacial score (nSPS) is 11.7. The monoisotopic (exact) mass is 299 g/mol. The van der Waals surface area contributed by atoms with E-state index in [0.29, 0.717) is 6.42 Å². The highest BCUT2D eigenvalue weighted by Gasteiger charge is 2.17. The van der Waals surface area contributed by atoms with Crippen molar-refractivity contribution in [2.24, 2.45) is 0 Å². The Hall–Kier alpha value is -2.76. The number of carbonyl (C=O) groups excluding carboxylic acids is 1. The zero-order valence-corrected chi connectivity index (χ0v) is 12.2. The molecule has 0 saturated heterocycles. The Morgan fingerprint density at radius 1 is 1.18 bits per heavy atom. The summed E-state index contributed by atoms with van der Waals surface area (Å²) in [5.74, 6) is -1.27. The summed E-state index contributed by atoms with van der Waals surface area (Å²) in [5, 5.41) is 11.7. The molecule has 0 aliphatic rings. The molecule has 1 heterocycles. The van der Waals surface area contributed by atoms with Crippen LogP contribution >= 0.6 is 0 Å². The molecule has 0 bridgehead atoms. The molecule has 0 saturated carbocycles. The van der Waals surface area contributed by atoms with Gasteiger partial charge in [0.2, 0.25) is 0 Å². The summed E-state index contributed by atoms with van der Waals surface area (Å²) >= 11 is 0. The first-order valence-electron chi connectivity index (χ1n) is 6.92. The molecule has 2 N–H and O–H groups in total. The van der Waals surface area contributed by atoms with Gasteiger partial charge in [-0.15, -0.1) is 0 Å². The Morgan fingerprint density at radius 2 is 1.91 bits per heavy atom. The minimum absolute atomic E-state index is 0.0284. The second-order valence-electron chi connectivity index (χ2n) is 4.91. The number of carboxylic acid groups (broad SMARTS) is 1. The third-order valence-electron chi connectivity index (χ3n) is 3.17. The van der Waals surface area contributed by atoms with Crippen LogP contribution in [0.5, 0.6) is 0 Å². The van der Waals surface area contributed by atoms with E-state index in [0.717, 1.165) is 11.3 Å². The highest BCUT2D eigenvalue weighted by molar-refractivity contribution is 5.92. The van der Waals surface area contributed by atoms with Crippen molar-refractivity contribution in [1.82, 2.24) is 15.3 Å². The Kier molecular flexibility index (Phi) is 5.19. The summed E-state index contributed by atoms with van der Waals surface area (Å²) in [6.07, 6.45) is 3.21. The summed E-state index contributed by atoms with van der Waals surface area (Å²) in [4.78, 5) is 31.1. The lowest BCUT2D eigenvalue weighted by Gasteiger charge is -2.18. The molecule has 0 spiro atoms. The molecule has 6 heteroatoms. The molecular weight excluding hydrogens is 282 g/mol. The number of benzene rings is 1. The number of rotatable bonds is 6. The van der Waals surface area contributed by atoms with E-state index in [4.69, 9.17) is 5.11 Å². The van der Waals surface area contributed by atoms with Crippen LogP contribution in [0.25, 0.3) is 0 Å². The van der Waals surface area contributed by atoms with E-state index in [9.17, 15) is 9.59 Å². The summed E-state index contributed by atoms with van der Waals surface area (Å²) in [6, 6.07) is 8.89. The van der Waals surface area contributed by atoms with E-state index >= 15 is 0 Å². The van der Waals surface area contributed by atoms with Crippen molar-refractivity contribution >= 4 is 11.9 Å². The quantitative estimate of drug-likeness (QED) is 0.852. The van der Waals surface area contributed by atoms with Crippen molar-refractivity contribution in [1.29, 1.82) is 0 Å². The molecular formula is C16H17N3O3. The number of carbonyl (C=O) groups is 2. The Bertz CT molecular complexity index is 641. The number of amides is 1. The average Bonchev–Trinajstić information content (AvgIpc) is 2.52. The summed E-state index contributed by atoms with van der Waals surface area (Å²) in [5.41, 5.74) is 1.79. The van der Waals surface area contributed by atoms with Gasteiger partial charge in [-0.05, 0) is 18.9 Å². The predicted octanol–water partition coefficient (Wildman–Crippen LogP) is 2.12. The zero-order valence-electron chi connectivity index (χ0n) is 12.2. The number of nitrogens with zero attached hydrogens (tertiary/aromatic N) is 2. The highest BCUT2D eigenvalue weighted by Crippen LogP contribution is 2.18. The lowest BCUT2D eigenvalue weighted by Crippen LogP contribution is -2.29. The SMILES string of the molecule is Cc1cnc(C(=O)NC(CCC(=O)O)c2ccccc2)cn1. The molecule has 1 unspecified atom stereocenters. The lowest BCUT2D eigenvalue weighted by atomic mass is 10.0. The summed E-state index contributed by atoms with van der Waals surface area (Å²) in [7, 11) is 0. The van der Waals surface area contributed by atoms with E-state index in [1.54, 1.807) is 6.92 Å². The van der Waals surface area contributed by atoms with Gasteiger partial charge in [-0.25, -0.2) is 4.98 Å². The van der Waals surface area contributed by atoms with E-state index in [1.165, 1.54) is 12.4 Å². The van der Waals surface area contributed by atoms with Gasteiger partial charge in [0.05, 0.1) is 17.9 Å². The first-order chi connectivity index (χ1) is 10.6. The fraction of sp³-hybridized carbons (Fsp3) is 0.250. The fourth-order valence-electron chi connectivity index (χ4n) is 2.02. The maximum Gasteiger partial charge on any atom is 0.303 e. The lowest BCUT2D eigenvalue weighted by molar-refractivity contribution is -0.137. The van der Waals surface area contributed by atoms with Crippen LogP contribution in [0.15, 0.2) is 42.7 Å². The number of nitrogens with one attached hydrogen (secondary N) is 1. The molecule has 1 aromatic carbocycles. The number of aromatic nitrogens is 2. The van der Waals surface area contributed by atoms with Crippen LogP contribution in [0.3, 0.4) is 0 Å². The first-order valence-corrected chi connectivity index (χ1v) is 6.92. The highest BCUT2D eigenvalue weighted by atomic mass is 16.4. The van der Waals surface area contributed by atoms with Crippen molar-refractivity contribution in [2.45, 2.75) is 25.8 Å². The van der Waals surface area contributed by atoms with Crippen LogP contribution in [0.4, 0.5) is 0 Å². The fourth-order valence-corrected chi connectivity index (χ4v) is 2.02. The molecule has 1 atom stereocenters. The minimum Gasteiger partial charge on any atom is -0.481 e. The van der Waals surface area contributed by atoms with Gasteiger partial charge < -0.3 is 10.4 Å². The average molecular weight is 299 g/mol.